The fraction of sp³-hybridized carbons (Fsp3) is 0.269. The van der Waals surface area contributed by atoms with Crippen LogP contribution >= 0.6 is 0 Å². The third-order valence-electron chi connectivity index (χ3n) is 5.39. The molecule has 32 heavy (non-hydrogen) atoms. The lowest BCUT2D eigenvalue weighted by molar-refractivity contribution is -0.141. The summed E-state index contributed by atoms with van der Waals surface area (Å²) in [7, 11) is 2.89. The summed E-state index contributed by atoms with van der Waals surface area (Å²) >= 11 is 0. The number of carbonyl (C=O) groups excluding carboxylic acids is 1. The van der Waals surface area contributed by atoms with E-state index in [2.05, 4.69) is 0 Å². The first-order valence-electron chi connectivity index (χ1n) is 10.4. The minimum Gasteiger partial charge on any atom is -0.507 e. The zero-order valence-electron chi connectivity index (χ0n) is 18.4. The summed E-state index contributed by atoms with van der Waals surface area (Å²) in [5.41, 5.74) is 2.38. The first-order chi connectivity index (χ1) is 15.4. The van der Waals surface area contributed by atoms with E-state index in [0.29, 0.717) is 23.5 Å². The highest BCUT2D eigenvalue weighted by Gasteiger charge is 2.16. The molecule has 0 saturated heterocycles. The second-order valence-corrected chi connectivity index (χ2v) is 7.44. The molecule has 1 N–H and O–H groups in total. The van der Waals surface area contributed by atoms with Crippen molar-refractivity contribution in [3.8, 4) is 28.4 Å². The van der Waals surface area contributed by atoms with Crippen LogP contribution in [0.3, 0.4) is 0 Å². The molecule has 6 heteroatoms. The zero-order valence-corrected chi connectivity index (χ0v) is 18.4. The summed E-state index contributed by atoms with van der Waals surface area (Å²) in [5, 5.41) is 10.5. The molecule has 0 fully saturated rings. The van der Waals surface area contributed by atoms with Crippen LogP contribution in [0.2, 0.25) is 0 Å². The van der Waals surface area contributed by atoms with Gasteiger partial charge in [-0.25, -0.2) is 4.39 Å². The summed E-state index contributed by atoms with van der Waals surface area (Å²) in [5.74, 6) is 0.479. The summed E-state index contributed by atoms with van der Waals surface area (Å²) in [4.78, 5) is 11.7. The second kappa shape index (κ2) is 10.7. The Balaban J connectivity index is 1.73. The van der Waals surface area contributed by atoms with E-state index >= 15 is 0 Å². The van der Waals surface area contributed by atoms with E-state index in [1.807, 2.05) is 31.2 Å². The van der Waals surface area contributed by atoms with Gasteiger partial charge in [0.25, 0.3) is 0 Å². The molecule has 0 bridgehead atoms. The maximum atomic E-state index is 14.3. The number of hydrogen-bond acceptors (Lipinski definition) is 5. The molecule has 0 spiro atoms. The molecule has 168 valence electrons. The van der Waals surface area contributed by atoms with Crippen molar-refractivity contribution in [1.29, 1.82) is 0 Å². The number of ether oxygens (including phenoxy) is 3. The topological polar surface area (TPSA) is 65.0 Å². The molecule has 0 unspecified atom stereocenters. The Morgan fingerprint density at radius 1 is 1.00 bits per heavy atom. The van der Waals surface area contributed by atoms with Crippen molar-refractivity contribution in [3.05, 3.63) is 77.6 Å². The van der Waals surface area contributed by atoms with Crippen LogP contribution < -0.4 is 9.47 Å². The smallest absolute Gasteiger partial charge is 0.306 e. The maximum absolute atomic E-state index is 14.3. The average molecular weight is 438 g/mol. The Bertz CT molecular complexity index is 1080. The highest BCUT2D eigenvalue weighted by atomic mass is 19.1. The molecule has 3 aromatic carbocycles. The van der Waals surface area contributed by atoms with Gasteiger partial charge in [0.2, 0.25) is 0 Å². The van der Waals surface area contributed by atoms with Crippen LogP contribution in [-0.2, 0) is 16.1 Å². The molecule has 0 amide bonds. The molecule has 3 aromatic rings. The lowest BCUT2D eigenvalue weighted by atomic mass is 9.93. The molecule has 0 aliphatic carbocycles. The molecule has 5 nitrogen and oxygen atoms in total. The van der Waals surface area contributed by atoms with E-state index in [0.717, 1.165) is 17.5 Å². The number of rotatable bonds is 9. The Labute approximate surface area is 187 Å². The lowest BCUT2D eigenvalue weighted by Crippen LogP contribution is -2.08. The second-order valence-electron chi connectivity index (χ2n) is 7.44. The number of halogens is 1. The van der Waals surface area contributed by atoms with E-state index in [1.165, 1.54) is 26.4 Å². The molecule has 1 atom stereocenters. The van der Waals surface area contributed by atoms with Gasteiger partial charge in [0.15, 0.2) is 0 Å². The van der Waals surface area contributed by atoms with Gasteiger partial charge >= 0.3 is 5.97 Å². The van der Waals surface area contributed by atoms with Gasteiger partial charge in [-0.3, -0.25) is 4.79 Å². The number of benzene rings is 3. The standard InChI is InChI=1S/C26H27FO5/c1-4-18(14-26(29)31-3)19-6-5-7-21(13-19)32-16-17-8-10-22(25(28)12-17)23-15-20(30-2)9-11-24(23)27/h5-13,15,18,28H,4,14,16H2,1-3H3/t18-/m1/s1. The van der Waals surface area contributed by atoms with Crippen LogP contribution in [0.15, 0.2) is 60.7 Å². The van der Waals surface area contributed by atoms with Gasteiger partial charge < -0.3 is 19.3 Å². The molecular weight excluding hydrogens is 411 g/mol. The molecular formula is C26H27FO5. The van der Waals surface area contributed by atoms with Crippen LogP contribution in [0.1, 0.15) is 36.8 Å². The average Bonchev–Trinajstić information content (AvgIpc) is 2.82. The minimum absolute atomic E-state index is 0.0453. The van der Waals surface area contributed by atoms with E-state index in [4.69, 9.17) is 14.2 Å². The van der Waals surface area contributed by atoms with Crippen molar-refractivity contribution < 1.29 is 28.5 Å². The number of carbonyl (C=O) groups is 1. The SMILES string of the molecule is CC[C@H](CC(=O)OC)c1cccc(OCc2ccc(-c3cc(OC)ccc3F)c(O)c2)c1. The van der Waals surface area contributed by atoms with Gasteiger partial charge in [0.1, 0.15) is 29.7 Å². The van der Waals surface area contributed by atoms with Crippen molar-refractivity contribution in [1.82, 2.24) is 0 Å². The van der Waals surface area contributed by atoms with Crippen LogP contribution in [0.5, 0.6) is 17.2 Å². The van der Waals surface area contributed by atoms with Gasteiger partial charge in [-0.05, 0) is 59.9 Å². The van der Waals surface area contributed by atoms with E-state index in [9.17, 15) is 14.3 Å². The van der Waals surface area contributed by atoms with Gasteiger partial charge in [-0.15, -0.1) is 0 Å². The largest absolute Gasteiger partial charge is 0.507 e. The first kappa shape index (κ1) is 23.1. The highest BCUT2D eigenvalue weighted by molar-refractivity contribution is 5.72. The lowest BCUT2D eigenvalue weighted by Gasteiger charge is -2.16. The van der Waals surface area contributed by atoms with Crippen LogP contribution in [-0.4, -0.2) is 25.3 Å². The molecule has 0 aromatic heterocycles. The molecule has 0 heterocycles. The maximum Gasteiger partial charge on any atom is 0.306 e. The number of methoxy groups -OCH3 is 2. The zero-order chi connectivity index (χ0) is 23.1. The van der Waals surface area contributed by atoms with Crippen molar-refractivity contribution in [3.63, 3.8) is 0 Å². The molecule has 0 radical (unpaired) electrons. The number of phenolic OH excluding ortho intramolecular Hbond substituents is 1. The molecule has 0 aliphatic heterocycles. The quantitative estimate of drug-likeness (QED) is 0.425. The van der Waals surface area contributed by atoms with Crippen molar-refractivity contribution in [2.75, 3.05) is 14.2 Å². The summed E-state index contributed by atoms with van der Waals surface area (Å²) in [6.07, 6.45) is 1.11. The van der Waals surface area contributed by atoms with Crippen molar-refractivity contribution in [2.45, 2.75) is 32.3 Å². The van der Waals surface area contributed by atoms with E-state index < -0.39 is 5.82 Å². The fourth-order valence-electron chi connectivity index (χ4n) is 3.54. The van der Waals surface area contributed by atoms with Gasteiger partial charge in [0, 0.05) is 11.1 Å². The van der Waals surface area contributed by atoms with Crippen molar-refractivity contribution in [2.24, 2.45) is 0 Å². The van der Waals surface area contributed by atoms with E-state index in [1.54, 1.807) is 24.3 Å². The number of aromatic hydroxyl groups is 1. The number of phenols is 1. The van der Waals surface area contributed by atoms with Crippen LogP contribution in [0.4, 0.5) is 4.39 Å². The third kappa shape index (κ3) is 5.58. The highest BCUT2D eigenvalue weighted by Crippen LogP contribution is 2.34. The van der Waals surface area contributed by atoms with E-state index in [-0.39, 0.29) is 29.8 Å². The number of hydrogen-bond donors (Lipinski definition) is 1. The predicted molar refractivity (Wildman–Crippen MR) is 120 cm³/mol. The Morgan fingerprint density at radius 2 is 1.81 bits per heavy atom. The monoisotopic (exact) mass is 438 g/mol. The van der Waals surface area contributed by atoms with Crippen LogP contribution in [0.25, 0.3) is 11.1 Å². The minimum atomic E-state index is -0.445. The first-order valence-corrected chi connectivity index (χ1v) is 10.4. The summed E-state index contributed by atoms with van der Waals surface area (Å²) < 4.78 is 30.1. The van der Waals surface area contributed by atoms with Crippen molar-refractivity contribution >= 4 is 5.97 Å². The Morgan fingerprint density at radius 3 is 2.50 bits per heavy atom. The Kier molecular flexibility index (Phi) is 7.71. The molecule has 0 saturated carbocycles. The normalized spacial score (nSPS) is 11.6. The predicted octanol–water partition coefficient (Wildman–Crippen LogP) is 5.84. The van der Waals surface area contributed by atoms with Gasteiger partial charge in [0.05, 0.1) is 20.6 Å². The fourth-order valence-corrected chi connectivity index (χ4v) is 3.54. The molecule has 0 aliphatic rings. The third-order valence-corrected chi connectivity index (χ3v) is 5.39. The summed E-state index contributed by atoms with van der Waals surface area (Å²) in [6, 6.07) is 17.0. The van der Waals surface area contributed by atoms with Gasteiger partial charge in [-0.1, -0.05) is 31.2 Å². The number of esters is 1. The van der Waals surface area contributed by atoms with Crippen LogP contribution in [0, 0.1) is 5.82 Å². The Hall–Kier alpha value is -3.54. The molecule has 3 rings (SSSR count). The van der Waals surface area contributed by atoms with Gasteiger partial charge in [-0.2, -0.15) is 0 Å². The summed E-state index contributed by atoms with van der Waals surface area (Å²) in [6.45, 7) is 2.25.